The molecule has 31 heteroatoms. The molecule has 30 nitrogen and oxygen atoms in total. The van der Waals surface area contributed by atoms with Gasteiger partial charge < -0.3 is 74.3 Å². The van der Waals surface area contributed by atoms with Gasteiger partial charge in [-0.3, -0.25) is 58.4 Å². The van der Waals surface area contributed by atoms with E-state index in [0.717, 1.165) is 0 Å². The van der Waals surface area contributed by atoms with Gasteiger partial charge in [-0.25, -0.2) is 14.8 Å². The van der Waals surface area contributed by atoms with Crippen molar-refractivity contribution in [2.45, 2.75) is 94.0 Å². The molecule has 7 atom stereocenters. The van der Waals surface area contributed by atoms with Gasteiger partial charge in [0.1, 0.15) is 30.4 Å². The van der Waals surface area contributed by atoms with Crippen LogP contribution in [0.25, 0.3) is 11.2 Å². The Morgan fingerprint density at radius 2 is 1.34 bits per heavy atom. The van der Waals surface area contributed by atoms with Crippen LogP contribution in [0, 0.1) is 0 Å². The first kappa shape index (κ1) is 55.4. The molecule has 1 aliphatic heterocycles. The molecule has 0 spiro atoms. The van der Waals surface area contributed by atoms with Crippen LogP contribution in [0.1, 0.15) is 61.0 Å². The van der Waals surface area contributed by atoms with Crippen molar-refractivity contribution in [2.24, 2.45) is 16.5 Å². The van der Waals surface area contributed by atoms with Crippen LogP contribution in [0.15, 0.2) is 40.2 Å². The zero-order chi connectivity index (χ0) is 52.4. The number of aliphatic imine (C=N–C) groups is 1. The first-order valence-electron chi connectivity index (χ1n) is 21.4. The molecule has 4 rings (SSSR count). The number of H-pyrrole nitrogens is 1. The van der Waals surface area contributed by atoms with Gasteiger partial charge in [-0.15, -0.1) is 0 Å². The summed E-state index contributed by atoms with van der Waals surface area (Å²) in [6, 6.07) is -2.11. The lowest BCUT2D eigenvalue weighted by molar-refractivity contribution is -0.144. The summed E-state index contributed by atoms with van der Waals surface area (Å²) in [4.78, 5) is 143. The Kier molecular flexibility index (Phi) is 20.7. The van der Waals surface area contributed by atoms with E-state index in [1.165, 1.54) is 6.20 Å². The third kappa shape index (κ3) is 18.3. The number of nitrogens with one attached hydrogen (secondary N) is 8. The van der Waals surface area contributed by atoms with Gasteiger partial charge in [-0.1, -0.05) is 0 Å². The largest absolute Gasteiger partial charge is 0.481 e. The van der Waals surface area contributed by atoms with E-state index in [-0.39, 0.29) is 61.5 Å². The lowest BCUT2D eigenvalue weighted by Gasteiger charge is -2.26. The lowest BCUT2D eigenvalue weighted by Crippen LogP contribution is -2.59. The number of nitrogens with two attached hydrogens (primary N) is 3. The SMILES string of the molecule is NC(N)=NCCCC(NC(=O)C(CC(=O)O)NC1OC1CCCNC(=O)c1ccc(NCc2cnc3nc(N)[nH]c(=O)c3n2)cc1)C(=O)NC(CC(=O)O)C(=O)NC(CC(=O)O)C(=O)NC(CS)C(=O)O. The second-order valence-electron chi connectivity index (χ2n) is 15.6. The zero-order valence-electron chi connectivity index (χ0n) is 37.5. The molecule has 1 fully saturated rings. The highest BCUT2D eigenvalue weighted by atomic mass is 32.1. The molecule has 2 aromatic heterocycles. The number of carbonyl (C=O) groups excluding carboxylic acids is 5. The Morgan fingerprint density at radius 3 is 1.92 bits per heavy atom. The number of epoxide rings is 1. The molecular formula is C40H53N15O15S. The number of aromatic nitrogens is 4. The highest BCUT2D eigenvalue weighted by Crippen LogP contribution is 2.25. The zero-order valence-corrected chi connectivity index (χ0v) is 38.3. The molecule has 71 heavy (non-hydrogen) atoms. The van der Waals surface area contributed by atoms with Crippen molar-refractivity contribution in [1.82, 2.24) is 51.8 Å². The number of hydrogen-bond donors (Lipinski definition) is 16. The average molecular weight is 1020 g/mol. The maximum atomic E-state index is 13.7. The van der Waals surface area contributed by atoms with Crippen molar-refractivity contribution in [2.75, 3.05) is 29.9 Å². The number of carboxylic acid groups (broad SMARTS) is 4. The van der Waals surface area contributed by atoms with Crippen molar-refractivity contribution in [3.8, 4) is 0 Å². The van der Waals surface area contributed by atoms with Crippen LogP contribution in [0.5, 0.6) is 0 Å². The minimum absolute atomic E-state index is 0.00970. The summed E-state index contributed by atoms with van der Waals surface area (Å²) in [6.45, 7) is 0.359. The van der Waals surface area contributed by atoms with Gasteiger partial charge >= 0.3 is 23.9 Å². The molecule has 18 N–H and O–H groups in total. The number of carbonyl (C=O) groups is 9. The second kappa shape index (κ2) is 26.5. The van der Waals surface area contributed by atoms with Crippen molar-refractivity contribution >= 4 is 94.8 Å². The van der Waals surface area contributed by atoms with Crippen LogP contribution in [0.3, 0.4) is 0 Å². The fraction of sp³-hybridized carbons (Fsp3) is 0.450. The quantitative estimate of drug-likeness (QED) is 0.00984. The molecule has 3 aromatic rings. The van der Waals surface area contributed by atoms with Crippen molar-refractivity contribution in [3.63, 3.8) is 0 Å². The number of guanidine groups is 1. The third-order valence-electron chi connectivity index (χ3n) is 10.1. The Balaban J connectivity index is 1.32. The number of thiol groups is 1. The molecule has 0 saturated carbocycles. The Hall–Kier alpha value is -8.19. The first-order valence-corrected chi connectivity index (χ1v) is 22.1. The summed E-state index contributed by atoms with van der Waals surface area (Å²) in [6.07, 6.45) is -2.35. The van der Waals surface area contributed by atoms with E-state index in [1.54, 1.807) is 24.3 Å². The number of rotatable bonds is 30. The van der Waals surface area contributed by atoms with Crippen LogP contribution in [0.4, 0.5) is 11.6 Å². The van der Waals surface area contributed by atoms with Crippen molar-refractivity contribution < 1.29 is 68.3 Å². The molecule has 3 heterocycles. The van der Waals surface area contributed by atoms with Crippen molar-refractivity contribution in [3.05, 3.63) is 52.1 Å². The fourth-order valence-corrected chi connectivity index (χ4v) is 6.77. The Bertz CT molecular complexity index is 2540. The van der Waals surface area contributed by atoms with Gasteiger partial charge in [0.15, 0.2) is 17.1 Å². The van der Waals surface area contributed by atoms with E-state index >= 15 is 0 Å². The van der Waals surface area contributed by atoms with E-state index < -0.39 is 121 Å². The first-order chi connectivity index (χ1) is 33.6. The van der Waals surface area contributed by atoms with Crippen LogP contribution < -0.4 is 60.0 Å². The predicted molar refractivity (Wildman–Crippen MR) is 249 cm³/mol. The molecule has 1 aliphatic rings. The number of hydrogen-bond acceptors (Lipinski definition) is 19. The maximum absolute atomic E-state index is 13.7. The van der Waals surface area contributed by atoms with E-state index in [4.69, 9.17) is 21.9 Å². The Labute approximate surface area is 406 Å². The van der Waals surface area contributed by atoms with Gasteiger partial charge in [0, 0.05) is 30.1 Å². The summed E-state index contributed by atoms with van der Waals surface area (Å²) in [5.41, 5.74) is 17.4. The number of benzene rings is 1. The van der Waals surface area contributed by atoms with Crippen LogP contribution >= 0.6 is 12.6 Å². The van der Waals surface area contributed by atoms with Gasteiger partial charge in [0.25, 0.3) is 11.5 Å². The van der Waals surface area contributed by atoms with Crippen LogP contribution in [0.2, 0.25) is 0 Å². The number of amides is 5. The standard InChI is InChI=1S/C40H53N15O15S/c41-39(42)45-10-1-3-20(32(63)50-21(11-26(56)57)33(64)51-22(12-27(58)59)34(65)52-24(16-71)38(68)69)49-35(66)23(13-28(60)61)53-37-25(70-37)4-2-9-44-31(62)17-5-7-18(8-6-17)46-14-19-15-47-30-29(48-19)36(67)55-40(43)54-30/h5-8,15,20-25,37,46,53,71H,1-4,9-14,16H2,(H,44,62)(H,49,66)(H,50,63)(H,51,64)(H,52,65)(H,56,57)(H,58,59)(H,60,61)(H,68,69)(H4,41,42,45)(H3,43,47,54,55,67). The fourth-order valence-electron chi connectivity index (χ4n) is 6.52. The highest BCUT2D eigenvalue weighted by Gasteiger charge is 2.42. The number of carboxylic acids is 4. The highest BCUT2D eigenvalue weighted by molar-refractivity contribution is 7.80. The summed E-state index contributed by atoms with van der Waals surface area (Å²) in [7, 11) is 0. The molecule has 5 amide bonds. The Morgan fingerprint density at radius 1 is 0.775 bits per heavy atom. The smallest absolute Gasteiger partial charge is 0.327 e. The number of nitrogen functional groups attached to an aromatic ring is 1. The number of aromatic amines is 1. The van der Waals surface area contributed by atoms with Gasteiger partial charge in [0.2, 0.25) is 29.6 Å². The minimum Gasteiger partial charge on any atom is -0.481 e. The van der Waals surface area contributed by atoms with Gasteiger partial charge in [-0.2, -0.15) is 17.6 Å². The molecule has 384 valence electrons. The van der Waals surface area contributed by atoms with Gasteiger partial charge in [-0.05, 0) is 49.9 Å². The number of aliphatic carboxylic acids is 4. The third-order valence-corrected chi connectivity index (χ3v) is 10.5. The molecule has 0 radical (unpaired) electrons. The molecule has 1 aromatic carbocycles. The van der Waals surface area contributed by atoms with E-state index in [9.17, 15) is 68.4 Å². The number of ether oxygens (including phenoxy) is 1. The average Bonchev–Trinajstić information content (AvgIpc) is 4.05. The molecule has 0 aliphatic carbocycles. The molecule has 1 saturated heterocycles. The molecule has 0 bridgehead atoms. The topological polar surface area (TPSA) is 493 Å². The van der Waals surface area contributed by atoms with E-state index in [0.29, 0.717) is 29.8 Å². The van der Waals surface area contributed by atoms with Gasteiger partial charge in [0.05, 0.1) is 49.8 Å². The normalized spacial score (nSPS) is 15.8. The minimum atomic E-state index is -2.00. The van der Waals surface area contributed by atoms with Crippen LogP contribution in [-0.4, -0.2) is 161 Å². The monoisotopic (exact) mass is 1020 g/mol. The summed E-state index contributed by atoms with van der Waals surface area (Å²) in [5.74, 6) is -12.2. The second-order valence-corrected chi connectivity index (χ2v) is 16.0. The maximum Gasteiger partial charge on any atom is 0.327 e. The summed E-state index contributed by atoms with van der Waals surface area (Å²) < 4.78 is 5.60. The number of nitrogens with zero attached hydrogens (tertiary/aromatic N) is 4. The summed E-state index contributed by atoms with van der Waals surface area (Å²) in [5, 5.41) is 55.0. The van der Waals surface area contributed by atoms with E-state index in [1.807, 2.05) is 10.6 Å². The van der Waals surface area contributed by atoms with E-state index in [2.05, 4.69) is 64.1 Å². The van der Waals surface area contributed by atoms with Crippen molar-refractivity contribution in [1.29, 1.82) is 0 Å². The molecular weight excluding hydrogens is 963 g/mol. The molecule has 7 unspecified atom stereocenters. The lowest BCUT2D eigenvalue weighted by atomic mass is 10.1. The van der Waals surface area contributed by atoms with Crippen LogP contribution in [-0.2, 0) is 49.6 Å². The predicted octanol–water partition coefficient (Wildman–Crippen LogP) is -4.47. The summed E-state index contributed by atoms with van der Waals surface area (Å²) >= 11 is 3.81. The number of fused-ring (bicyclic) bond motifs is 1. The number of anilines is 2.